The minimum absolute atomic E-state index is 0.130. The normalized spacial score (nSPS) is 14.0. The average Bonchev–Trinajstić information content (AvgIpc) is 2.44. The van der Waals surface area contributed by atoms with Gasteiger partial charge in [-0.3, -0.25) is 4.79 Å². The Morgan fingerprint density at radius 3 is 1.90 bits per heavy atom. The molecule has 1 aromatic rings. The number of carbonyl (C=O) groups is 1. The molecule has 0 radical (unpaired) electrons. The SMILES string of the molecule is CCC(C)c1cc(CCC(=O)O)cc(C(C)CC)c1O. The van der Waals surface area contributed by atoms with Crippen molar-refractivity contribution in [3.63, 3.8) is 0 Å². The van der Waals surface area contributed by atoms with E-state index in [1.54, 1.807) is 0 Å². The monoisotopic (exact) mass is 278 g/mol. The first kappa shape index (κ1) is 16.5. The third-order valence-corrected chi connectivity index (χ3v) is 4.14. The summed E-state index contributed by atoms with van der Waals surface area (Å²) in [7, 11) is 0. The van der Waals surface area contributed by atoms with E-state index < -0.39 is 5.97 Å². The van der Waals surface area contributed by atoms with Crippen LogP contribution >= 0.6 is 0 Å². The van der Waals surface area contributed by atoms with Gasteiger partial charge in [-0.1, -0.05) is 39.8 Å². The van der Waals surface area contributed by atoms with Gasteiger partial charge in [0.05, 0.1) is 0 Å². The van der Waals surface area contributed by atoms with E-state index in [9.17, 15) is 9.90 Å². The van der Waals surface area contributed by atoms with Crippen LogP contribution in [-0.2, 0) is 11.2 Å². The summed E-state index contributed by atoms with van der Waals surface area (Å²) in [6.07, 6.45) is 2.55. The van der Waals surface area contributed by atoms with Crippen molar-refractivity contribution in [2.75, 3.05) is 0 Å². The predicted octanol–water partition coefficient (Wildman–Crippen LogP) is 4.44. The lowest BCUT2D eigenvalue weighted by Gasteiger charge is -2.20. The number of hydrogen-bond donors (Lipinski definition) is 2. The lowest BCUT2D eigenvalue weighted by atomic mass is 9.87. The molecular formula is C17H26O3. The standard InChI is InChI=1S/C17H26O3/c1-5-11(3)14-9-13(7-8-16(18)19)10-15(17(14)20)12(4)6-2/h9-12,20H,5-8H2,1-4H3,(H,18,19). The fraction of sp³-hybridized carbons (Fsp3) is 0.588. The predicted molar refractivity (Wildman–Crippen MR) is 81.5 cm³/mol. The molecule has 2 N–H and O–H groups in total. The van der Waals surface area contributed by atoms with E-state index in [1.807, 2.05) is 12.1 Å². The highest BCUT2D eigenvalue weighted by molar-refractivity contribution is 5.67. The molecule has 2 atom stereocenters. The zero-order chi connectivity index (χ0) is 15.3. The van der Waals surface area contributed by atoms with E-state index in [0.717, 1.165) is 29.5 Å². The molecule has 0 fully saturated rings. The third-order valence-electron chi connectivity index (χ3n) is 4.14. The van der Waals surface area contributed by atoms with Crippen molar-refractivity contribution in [3.05, 3.63) is 28.8 Å². The van der Waals surface area contributed by atoms with Crippen LogP contribution in [0.15, 0.2) is 12.1 Å². The Bertz CT molecular complexity index is 434. The van der Waals surface area contributed by atoms with E-state index in [4.69, 9.17) is 5.11 Å². The zero-order valence-electron chi connectivity index (χ0n) is 12.9. The second-order valence-corrected chi connectivity index (χ2v) is 5.64. The first-order chi connectivity index (χ1) is 9.40. The Kier molecular flexibility index (Phi) is 6.05. The maximum Gasteiger partial charge on any atom is 0.303 e. The lowest BCUT2D eigenvalue weighted by Crippen LogP contribution is -2.03. The van der Waals surface area contributed by atoms with Crippen LogP contribution in [0.5, 0.6) is 5.75 Å². The number of hydrogen-bond acceptors (Lipinski definition) is 2. The molecule has 1 aromatic carbocycles. The topological polar surface area (TPSA) is 57.5 Å². The molecule has 0 aromatic heterocycles. The fourth-order valence-corrected chi connectivity index (χ4v) is 2.33. The molecule has 0 heterocycles. The zero-order valence-corrected chi connectivity index (χ0v) is 12.9. The van der Waals surface area contributed by atoms with Crippen LogP contribution in [0.3, 0.4) is 0 Å². The number of phenols is 1. The van der Waals surface area contributed by atoms with Crippen LogP contribution in [-0.4, -0.2) is 16.2 Å². The van der Waals surface area contributed by atoms with E-state index in [2.05, 4.69) is 27.7 Å². The van der Waals surface area contributed by atoms with Crippen molar-refractivity contribution >= 4 is 5.97 Å². The van der Waals surface area contributed by atoms with Crippen LogP contribution in [0.4, 0.5) is 0 Å². The molecule has 0 aliphatic rings. The van der Waals surface area contributed by atoms with Crippen LogP contribution < -0.4 is 0 Å². The van der Waals surface area contributed by atoms with E-state index in [0.29, 0.717) is 12.2 Å². The smallest absolute Gasteiger partial charge is 0.303 e. The first-order valence-electron chi connectivity index (χ1n) is 7.48. The highest BCUT2D eigenvalue weighted by Crippen LogP contribution is 2.37. The quantitative estimate of drug-likeness (QED) is 0.775. The first-order valence-corrected chi connectivity index (χ1v) is 7.48. The summed E-state index contributed by atoms with van der Waals surface area (Å²) in [6.45, 7) is 8.38. The van der Waals surface area contributed by atoms with Crippen LogP contribution in [0.1, 0.15) is 75.5 Å². The molecule has 3 heteroatoms. The van der Waals surface area contributed by atoms with Crippen molar-refractivity contribution in [3.8, 4) is 5.75 Å². The molecule has 0 amide bonds. The highest BCUT2D eigenvalue weighted by atomic mass is 16.4. The van der Waals surface area contributed by atoms with Gasteiger partial charge in [0.2, 0.25) is 0 Å². The minimum Gasteiger partial charge on any atom is -0.507 e. The Labute approximate surface area is 121 Å². The van der Waals surface area contributed by atoms with E-state index >= 15 is 0 Å². The summed E-state index contributed by atoms with van der Waals surface area (Å²) < 4.78 is 0. The number of aliphatic carboxylic acids is 1. The largest absolute Gasteiger partial charge is 0.507 e. The molecular weight excluding hydrogens is 252 g/mol. The lowest BCUT2D eigenvalue weighted by molar-refractivity contribution is -0.136. The van der Waals surface area contributed by atoms with Gasteiger partial charge in [0.25, 0.3) is 0 Å². The number of phenolic OH excluding ortho intramolecular Hbond substituents is 1. The molecule has 20 heavy (non-hydrogen) atoms. The van der Waals surface area contributed by atoms with Crippen molar-refractivity contribution in [1.82, 2.24) is 0 Å². The molecule has 2 unspecified atom stereocenters. The number of benzene rings is 1. The molecule has 0 saturated heterocycles. The summed E-state index contributed by atoms with van der Waals surface area (Å²) in [6, 6.07) is 3.94. The van der Waals surface area contributed by atoms with E-state index in [1.165, 1.54) is 0 Å². The Morgan fingerprint density at radius 2 is 1.55 bits per heavy atom. The van der Waals surface area contributed by atoms with Crippen molar-refractivity contribution in [1.29, 1.82) is 0 Å². The third kappa shape index (κ3) is 3.99. The van der Waals surface area contributed by atoms with Crippen LogP contribution in [0.2, 0.25) is 0 Å². The second-order valence-electron chi connectivity index (χ2n) is 5.64. The molecule has 0 saturated carbocycles. The number of carboxylic acids is 1. The maximum absolute atomic E-state index is 10.7. The number of rotatable bonds is 7. The molecule has 0 spiro atoms. The highest BCUT2D eigenvalue weighted by Gasteiger charge is 2.17. The Morgan fingerprint density at radius 1 is 1.10 bits per heavy atom. The summed E-state index contributed by atoms with van der Waals surface area (Å²) in [5.74, 6) is 0.172. The number of aryl methyl sites for hydroxylation is 1. The molecule has 3 nitrogen and oxygen atoms in total. The molecule has 0 aliphatic carbocycles. The summed E-state index contributed by atoms with van der Waals surface area (Å²) in [5, 5.41) is 19.3. The Hall–Kier alpha value is -1.51. The van der Waals surface area contributed by atoms with Gasteiger partial charge in [-0.05, 0) is 47.8 Å². The van der Waals surface area contributed by atoms with Gasteiger partial charge in [-0.2, -0.15) is 0 Å². The van der Waals surface area contributed by atoms with Gasteiger partial charge in [0.1, 0.15) is 5.75 Å². The van der Waals surface area contributed by atoms with Gasteiger partial charge in [0.15, 0.2) is 0 Å². The van der Waals surface area contributed by atoms with E-state index in [-0.39, 0.29) is 18.3 Å². The summed E-state index contributed by atoms with van der Waals surface area (Å²) >= 11 is 0. The molecule has 0 bridgehead atoms. The number of aromatic hydroxyl groups is 1. The maximum atomic E-state index is 10.7. The number of carboxylic acid groups (broad SMARTS) is 1. The fourth-order valence-electron chi connectivity index (χ4n) is 2.33. The van der Waals surface area contributed by atoms with Crippen molar-refractivity contribution < 1.29 is 15.0 Å². The molecule has 112 valence electrons. The summed E-state index contributed by atoms with van der Waals surface area (Å²) in [4.78, 5) is 10.7. The second kappa shape index (κ2) is 7.32. The van der Waals surface area contributed by atoms with Crippen molar-refractivity contribution in [2.24, 2.45) is 0 Å². The molecule has 0 aliphatic heterocycles. The van der Waals surface area contributed by atoms with Gasteiger partial charge >= 0.3 is 5.97 Å². The van der Waals surface area contributed by atoms with Crippen LogP contribution in [0.25, 0.3) is 0 Å². The average molecular weight is 278 g/mol. The summed E-state index contributed by atoms with van der Waals surface area (Å²) in [5.41, 5.74) is 2.91. The van der Waals surface area contributed by atoms with Gasteiger partial charge in [0, 0.05) is 6.42 Å². The molecule has 1 rings (SSSR count). The van der Waals surface area contributed by atoms with Gasteiger partial charge < -0.3 is 10.2 Å². The van der Waals surface area contributed by atoms with Gasteiger partial charge in [-0.15, -0.1) is 0 Å². The Balaban J connectivity index is 3.22. The van der Waals surface area contributed by atoms with Crippen LogP contribution in [0, 0.1) is 0 Å². The van der Waals surface area contributed by atoms with Crippen molar-refractivity contribution in [2.45, 2.75) is 65.2 Å². The minimum atomic E-state index is -0.784. The van der Waals surface area contributed by atoms with Gasteiger partial charge in [-0.25, -0.2) is 0 Å².